The lowest BCUT2D eigenvalue weighted by molar-refractivity contribution is 0.476. The normalized spacial score (nSPS) is 18.6. The van der Waals surface area contributed by atoms with Crippen LogP contribution in [0.5, 0.6) is 0 Å². The molecule has 0 spiro atoms. The fourth-order valence-electron chi connectivity index (χ4n) is 2.53. The number of fused-ring (bicyclic) bond motifs is 1. The van der Waals surface area contributed by atoms with Gasteiger partial charge in [0.2, 0.25) is 0 Å². The van der Waals surface area contributed by atoms with Gasteiger partial charge in [0.15, 0.2) is 0 Å². The van der Waals surface area contributed by atoms with Crippen LogP contribution in [0.25, 0.3) is 9.88 Å². The van der Waals surface area contributed by atoms with Gasteiger partial charge in [-0.3, -0.25) is 0 Å². The zero-order chi connectivity index (χ0) is 13.4. The van der Waals surface area contributed by atoms with Crippen LogP contribution in [-0.4, -0.2) is 11.5 Å². The number of nitrogens with zero attached hydrogens (tertiary/aromatic N) is 1. The van der Waals surface area contributed by atoms with Crippen LogP contribution in [0.4, 0.5) is 0 Å². The summed E-state index contributed by atoms with van der Waals surface area (Å²) in [6, 6.07) is 2.72. The van der Waals surface area contributed by atoms with Crippen molar-refractivity contribution in [2.45, 2.75) is 39.2 Å². The van der Waals surface area contributed by atoms with Crippen LogP contribution in [0.3, 0.4) is 0 Å². The summed E-state index contributed by atoms with van der Waals surface area (Å²) in [4.78, 5) is 8.96. The van der Waals surface area contributed by atoms with Crippen LogP contribution >= 0.6 is 38.6 Å². The van der Waals surface area contributed by atoms with Crippen LogP contribution in [-0.2, 0) is 6.42 Å². The van der Waals surface area contributed by atoms with E-state index in [0.717, 1.165) is 13.0 Å². The first-order valence-electron chi connectivity index (χ1n) is 6.68. The third kappa shape index (κ3) is 2.66. The standard InChI is InChI=1S/C14H17BrN2S2/c1-3-16-10-5-4-6-11-13(10)19-14(17-11)12-7-9(15)8(2)18-12/h7,10,16H,3-6H2,1-2H3. The topological polar surface area (TPSA) is 24.9 Å². The average molecular weight is 357 g/mol. The number of aromatic nitrogens is 1. The molecule has 0 aliphatic heterocycles. The Labute approximate surface area is 130 Å². The van der Waals surface area contributed by atoms with Crippen molar-refractivity contribution in [3.63, 3.8) is 0 Å². The molecule has 3 rings (SSSR count). The second-order valence-corrected chi connectivity index (χ2v) is 7.99. The van der Waals surface area contributed by atoms with Crippen molar-refractivity contribution in [3.8, 4) is 9.88 Å². The summed E-state index contributed by atoms with van der Waals surface area (Å²) < 4.78 is 1.20. The van der Waals surface area contributed by atoms with Gasteiger partial charge in [-0.1, -0.05) is 6.92 Å². The van der Waals surface area contributed by atoms with Crippen LogP contribution < -0.4 is 5.32 Å². The maximum absolute atomic E-state index is 4.88. The van der Waals surface area contributed by atoms with Gasteiger partial charge in [-0.05, 0) is 54.7 Å². The summed E-state index contributed by atoms with van der Waals surface area (Å²) in [5.74, 6) is 0. The van der Waals surface area contributed by atoms with E-state index in [9.17, 15) is 0 Å². The highest BCUT2D eigenvalue weighted by molar-refractivity contribution is 9.10. The van der Waals surface area contributed by atoms with Crippen molar-refractivity contribution in [3.05, 3.63) is 26.0 Å². The first-order chi connectivity index (χ1) is 9.19. The molecule has 2 nitrogen and oxygen atoms in total. The molecule has 1 aliphatic carbocycles. The number of thiophene rings is 1. The average Bonchev–Trinajstić information content (AvgIpc) is 2.95. The fourth-order valence-corrected chi connectivity index (χ4v) is 5.33. The molecule has 2 heterocycles. The molecule has 1 unspecified atom stereocenters. The third-order valence-corrected chi connectivity index (χ3v) is 6.99. The number of aryl methyl sites for hydroxylation is 2. The molecule has 0 fully saturated rings. The first kappa shape index (κ1) is 13.7. The van der Waals surface area contributed by atoms with Gasteiger partial charge in [-0.2, -0.15) is 0 Å². The van der Waals surface area contributed by atoms with E-state index in [1.165, 1.54) is 42.6 Å². The Bertz CT molecular complexity index is 569. The third-order valence-electron chi connectivity index (χ3n) is 3.47. The minimum absolute atomic E-state index is 0.518. The Morgan fingerprint density at radius 1 is 1.47 bits per heavy atom. The molecule has 0 amide bonds. The number of rotatable bonds is 3. The molecule has 1 aliphatic rings. The second kappa shape index (κ2) is 5.64. The summed E-state index contributed by atoms with van der Waals surface area (Å²) in [6.45, 7) is 5.35. The Morgan fingerprint density at radius 3 is 3.00 bits per heavy atom. The van der Waals surface area contributed by atoms with E-state index in [0.29, 0.717) is 6.04 Å². The molecule has 0 aromatic carbocycles. The van der Waals surface area contributed by atoms with Gasteiger partial charge in [0.25, 0.3) is 0 Å². The van der Waals surface area contributed by atoms with E-state index in [4.69, 9.17) is 4.98 Å². The van der Waals surface area contributed by atoms with Gasteiger partial charge < -0.3 is 5.32 Å². The van der Waals surface area contributed by atoms with Crippen LogP contribution in [0, 0.1) is 6.92 Å². The quantitative estimate of drug-likeness (QED) is 0.843. The van der Waals surface area contributed by atoms with E-state index in [-0.39, 0.29) is 0 Å². The van der Waals surface area contributed by atoms with E-state index in [2.05, 4.69) is 41.2 Å². The fraction of sp³-hybridized carbons (Fsp3) is 0.500. The molecule has 0 saturated carbocycles. The summed E-state index contributed by atoms with van der Waals surface area (Å²) in [5, 5.41) is 4.78. The minimum Gasteiger partial charge on any atom is -0.309 e. The predicted molar refractivity (Wildman–Crippen MR) is 87.2 cm³/mol. The molecular weight excluding hydrogens is 340 g/mol. The highest BCUT2D eigenvalue weighted by Crippen LogP contribution is 2.41. The Kier molecular flexibility index (Phi) is 4.08. The number of hydrogen-bond acceptors (Lipinski definition) is 4. The zero-order valence-corrected chi connectivity index (χ0v) is 14.3. The number of thiazole rings is 1. The lowest BCUT2D eigenvalue weighted by atomic mass is 9.98. The molecule has 5 heteroatoms. The first-order valence-corrected chi connectivity index (χ1v) is 9.11. The van der Waals surface area contributed by atoms with Gasteiger partial charge in [0, 0.05) is 20.3 Å². The molecule has 1 atom stereocenters. The summed E-state index contributed by atoms with van der Waals surface area (Å²) in [6.07, 6.45) is 3.63. The highest BCUT2D eigenvalue weighted by atomic mass is 79.9. The van der Waals surface area contributed by atoms with Crippen molar-refractivity contribution in [1.82, 2.24) is 10.3 Å². The highest BCUT2D eigenvalue weighted by Gasteiger charge is 2.24. The summed E-state index contributed by atoms with van der Waals surface area (Å²) in [7, 11) is 0. The van der Waals surface area contributed by atoms with Crippen molar-refractivity contribution in [1.29, 1.82) is 0 Å². The van der Waals surface area contributed by atoms with Gasteiger partial charge >= 0.3 is 0 Å². The predicted octanol–water partition coefficient (Wildman–Crippen LogP) is 4.93. The molecule has 1 N–H and O–H groups in total. The second-order valence-electron chi connectivity index (χ2n) is 4.85. The smallest absolute Gasteiger partial charge is 0.133 e. The molecular formula is C14H17BrN2S2. The molecule has 102 valence electrons. The summed E-state index contributed by atoms with van der Waals surface area (Å²) >= 11 is 7.30. The van der Waals surface area contributed by atoms with Crippen molar-refractivity contribution in [2.24, 2.45) is 0 Å². The molecule has 2 aromatic heterocycles. The van der Waals surface area contributed by atoms with Crippen LogP contribution in [0.1, 0.15) is 41.3 Å². The number of nitrogens with one attached hydrogen (secondary N) is 1. The van der Waals surface area contributed by atoms with E-state index < -0.39 is 0 Å². The van der Waals surface area contributed by atoms with Gasteiger partial charge in [-0.25, -0.2) is 4.98 Å². The maximum atomic E-state index is 4.88. The van der Waals surface area contributed by atoms with Gasteiger partial charge in [0.1, 0.15) is 5.01 Å². The van der Waals surface area contributed by atoms with Crippen molar-refractivity contribution < 1.29 is 0 Å². The monoisotopic (exact) mass is 356 g/mol. The summed E-state index contributed by atoms with van der Waals surface area (Å²) in [5.41, 5.74) is 1.32. The van der Waals surface area contributed by atoms with Gasteiger partial charge in [0.05, 0.1) is 10.6 Å². The minimum atomic E-state index is 0.518. The number of hydrogen-bond donors (Lipinski definition) is 1. The molecule has 2 aromatic rings. The lowest BCUT2D eigenvalue weighted by Gasteiger charge is -2.21. The Morgan fingerprint density at radius 2 is 2.32 bits per heavy atom. The number of halogens is 1. The van der Waals surface area contributed by atoms with Gasteiger partial charge in [-0.15, -0.1) is 22.7 Å². The Hall–Kier alpha value is -0.230. The molecule has 0 bridgehead atoms. The maximum Gasteiger partial charge on any atom is 0.133 e. The van der Waals surface area contributed by atoms with Crippen molar-refractivity contribution >= 4 is 38.6 Å². The Balaban J connectivity index is 1.97. The largest absolute Gasteiger partial charge is 0.309 e. The molecule has 0 saturated heterocycles. The lowest BCUT2D eigenvalue weighted by Crippen LogP contribution is -2.23. The molecule has 19 heavy (non-hydrogen) atoms. The van der Waals surface area contributed by atoms with E-state index in [1.807, 2.05) is 22.7 Å². The van der Waals surface area contributed by atoms with Crippen molar-refractivity contribution in [2.75, 3.05) is 6.54 Å². The SMILES string of the molecule is CCNC1CCCc2nc(-c3cc(Br)c(C)s3)sc21. The van der Waals surface area contributed by atoms with Crippen LogP contribution in [0.2, 0.25) is 0 Å². The molecule has 0 radical (unpaired) electrons. The van der Waals surface area contributed by atoms with E-state index >= 15 is 0 Å². The zero-order valence-electron chi connectivity index (χ0n) is 11.1. The van der Waals surface area contributed by atoms with E-state index in [1.54, 1.807) is 0 Å². The van der Waals surface area contributed by atoms with Crippen LogP contribution in [0.15, 0.2) is 10.5 Å².